The van der Waals surface area contributed by atoms with Gasteiger partial charge >= 0.3 is 0 Å². The van der Waals surface area contributed by atoms with Gasteiger partial charge in [-0.25, -0.2) is 0 Å². The Balaban J connectivity index is 1.75. The van der Waals surface area contributed by atoms with Crippen LogP contribution >= 0.6 is 0 Å². The molecule has 1 N–H and O–H groups in total. The second kappa shape index (κ2) is 4.18. The average molecular weight is 217 g/mol. The number of fused-ring (bicyclic) bond motifs is 1. The fraction of sp³-hybridized carbons (Fsp3) is 0.385. The van der Waals surface area contributed by atoms with Crippen LogP contribution in [-0.2, 0) is 4.74 Å². The molecule has 1 unspecified atom stereocenters. The van der Waals surface area contributed by atoms with Crippen LogP contribution in [0.5, 0.6) is 5.75 Å². The van der Waals surface area contributed by atoms with E-state index in [1.54, 1.807) is 0 Å². The summed E-state index contributed by atoms with van der Waals surface area (Å²) >= 11 is 0. The van der Waals surface area contributed by atoms with Crippen LogP contribution < -0.4 is 4.74 Å². The van der Waals surface area contributed by atoms with E-state index < -0.39 is 0 Å². The van der Waals surface area contributed by atoms with Gasteiger partial charge in [-0.2, -0.15) is 0 Å². The molecular formula is C13H15NO2. The van der Waals surface area contributed by atoms with Gasteiger partial charge in [0, 0.05) is 29.6 Å². The molecule has 2 heterocycles. The summed E-state index contributed by atoms with van der Waals surface area (Å²) in [5.41, 5.74) is 1.13. The second-order valence-corrected chi connectivity index (χ2v) is 4.24. The van der Waals surface area contributed by atoms with Gasteiger partial charge in [-0.05, 0) is 24.6 Å². The summed E-state index contributed by atoms with van der Waals surface area (Å²) in [4.78, 5) is 3.18. The van der Waals surface area contributed by atoms with Crippen LogP contribution in [0.1, 0.15) is 6.42 Å². The molecule has 1 aromatic heterocycles. The van der Waals surface area contributed by atoms with E-state index in [4.69, 9.17) is 9.47 Å². The Morgan fingerprint density at radius 1 is 1.38 bits per heavy atom. The minimum Gasteiger partial charge on any atom is -0.493 e. The van der Waals surface area contributed by atoms with Crippen molar-refractivity contribution in [2.45, 2.75) is 6.42 Å². The molecule has 3 heteroatoms. The van der Waals surface area contributed by atoms with Gasteiger partial charge < -0.3 is 14.5 Å². The van der Waals surface area contributed by atoms with Crippen molar-refractivity contribution in [3.05, 3.63) is 30.5 Å². The molecule has 0 radical (unpaired) electrons. The van der Waals surface area contributed by atoms with E-state index in [1.807, 2.05) is 18.3 Å². The van der Waals surface area contributed by atoms with Gasteiger partial charge in [0.15, 0.2) is 0 Å². The third-order valence-corrected chi connectivity index (χ3v) is 3.05. The number of benzene rings is 1. The summed E-state index contributed by atoms with van der Waals surface area (Å²) in [7, 11) is 0. The Morgan fingerprint density at radius 2 is 2.38 bits per heavy atom. The molecule has 1 aliphatic rings. The van der Waals surface area contributed by atoms with Crippen molar-refractivity contribution in [3.63, 3.8) is 0 Å². The molecule has 84 valence electrons. The fourth-order valence-electron chi connectivity index (χ4n) is 2.10. The Kier molecular flexibility index (Phi) is 2.54. The zero-order valence-corrected chi connectivity index (χ0v) is 9.11. The van der Waals surface area contributed by atoms with Crippen molar-refractivity contribution in [2.75, 3.05) is 19.8 Å². The highest BCUT2D eigenvalue weighted by molar-refractivity contribution is 5.85. The molecule has 0 saturated carbocycles. The van der Waals surface area contributed by atoms with Crippen LogP contribution in [0.25, 0.3) is 10.9 Å². The number of nitrogens with one attached hydrogen (secondary N) is 1. The third kappa shape index (κ3) is 1.78. The second-order valence-electron chi connectivity index (χ2n) is 4.24. The van der Waals surface area contributed by atoms with Crippen molar-refractivity contribution >= 4 is 10.9 Å². The maximum atomic E-state index is 5.86. The SMILES string of the molecule is c1cc(OCC2CCOC2)c2cc[nH]c2c1. The quantitative estimate of drug-likeness (QED) is 0.857. The fourth-order valence-corrected chi connectivity index (χ4v) is 2.10. The van der Waals surface area contributed by atoms with E-state index in [0.29, 0.717) is 5.92 Å². The summed E-state index contributed by atoms with van der Waals surface area (Å²) in [6.45, 7) is 2.47. The molecule has 2 aromatic rings. The van der Waals surface area contributed by atoms with Gasteiger partial charge in [-0.15, -0.1) is 0 Å². The molecule has 0 spiro atoms. The maximum absolute atomic E-state index is 5.86. The van der Waals surface area contributed by atoms with Crippen LogP contribution in [0, 0.1) is 5.92 Å². The van der Waals surface area contributed by atoms with E-state index in [1.165, 1.54) is 0 Å². The normalized spacial score (nSPS) is 20.4. The minimum atomic E-state index is 0.550. The third-order valence-electron chi connectivity index (χ3n) is 3.05. The van der Waals surface area contributed by atoms with Crippen molar-refractivity contribution in [2.24, 2.45) is 5.92 Å². The summed E-state index contributed by atoms with van der Waals surface area (Å²) < 4.78 is 11.2. The molecule has 3 nitrogen and oxygen atoms in total. The van der Waals surface area contributed by atoms with Gasteiger partial charge in [-0.1, -0.05) is 6.07 Å². The van der Waals surface area contributed by atoms with Crippen LogP contribution in [0.4, 0.5) is 0 Å². The van der Waals surface area contributed by atoms with E-state index in [9.17, 15) is 0 Å². The minimum absolute atomic E-state index is 0.550. The molecule has 0 amide bonds. The number of H-pyrrole nitrogens is 1. The number of aromatic nitrogens is 1. The van der Waals surface area contributed by atoms with Gasteiger partial charge in [0.25, 0.3) is 0 Å². The Labute approximate surface area is 94.4 Å². The van der Waals surface area contributed by atoms with Gasteiger partial charge in [-0.3, -0.25) is 0 Å². The number of rotatable bonds is 3. The lowest BCUT2D eigenvalue weighted by atomic mass is 10.1. The molecule has 16 heavy (non-hydrogen) atoms. The molecule has 1 saturated heterocycles. The standard InChI is InChI=1S/C13H15NO2/c1-2-12-11(4-6-14-12)13(3-1)16-9-10-5-7-15-8-10/h1-4,6,10,14H,5,7-9H2. The lowest BCUT2D eigenvalue weighted by Gasteiger charge is -2.10. The predicted octanol–water partition coefficient (Wildman–Crippen LogP) is 2.58. The van der Waals surface area contributed by atoms with Crippen LogP contribution in [0.2, 0.25) is 0 Å². The summed E-state index contributed by atoms with van der Waals surface area (Å²) in [6.07, 6.45) is 3.05. The highest BCUT2D eigenvalue weighted by atomic mass is 16.5. The number of hydrogen-bond donors (Lipinski definition) is 1. The smallest absolute Gasteiger partial charge is 0.128 e. The average Bonchev–Trinajstić information content (AvgIpc) is 2.97. The Bertz CT molecular complexity index is 471. The van der Waals surface area contributed by atoms with Crippen LogP contribution in [-0.4, -0.2) is 24.8 Å². The monoisotopic (exact) mass is 217 g/mol. The zero-order valence-electron chi connectivity index (χ0n) is 9.11. The van der Waals surface area contributed by atoms with Crippen LogP contribution in [0.3, 0.4) is 0 Å². The highest BCUT2D eigenvalue weighted by Crippen LogP contribution is 2.25. The molecular weight excluding hydrogens is 202 g/mol. The topological polar surface area (TPSA) is 34.2 Å². The molecule has 1 fully saturated rings. The summed E-state index contributed by atoms with van der Waals surface area (Å²) in [6, 6.07) is 8.14. The molecule has 0 bridgehead atoms. The number of aromatic amines is 1. The molecule has 0 aliphatic carbocycles. The van der Waals surface area contributed by atoms with E-state index in [0.717, 1.165) is 42.9 Å². The van der Waals surface area contributed by atoms with Crippen LogP contribution in [0.15, 0.2) is 30.5 Å². The first-order valence-corrected chi connectivity index (χ1v) is 5.70. The summed E-state index contributed by atoms with van der Waals surface area (Å²) in [5, 5.41) is 1.15. The van der Waals surface area contributed by atoms with Crippen molar-refractivity contribution in [1.29, 1.82) is 0 Å². The first-order valence-electron chi connectivity index (χ1n) is 5.70. The summed E-state index contributed by atoms with van der Waals surface area (Å²) in [5.74, 6) is 1.51. The van der Waals surface area contributed by atoms with E-state index in [-0.39, 0.29) is 0 Å². The molecule has 3 rings (SSSR count). The molecule has 1 atom stereocenters. The predicted molar refractivity (Wildman–Crippen MR) is 62.7 cm³/mol. The van der Waals surface area contributed by atoms with Gasteiger partial charge in [0.05, 0.1) is 13.2 Å². The largest absolute Gasteiger partial charge is 0.493 e. The van der Waals surface area contributed by atoms with E-state index in [2.05, 4.69) is 17.1 Å². The number of ether oxygens (including phenoxy) is 2. The lowest BCUT2D eigenvalue weighted by molar-refractivity contribution is 0.167. The molecule has 1 aromatic carbocycles. The highest BCUT2D eigenvalue weighted by Gasteiger charge is 2.16. The van der Waals surface area contributed by atoms with Crippen molar-refractivity contribution in [1.82, 2.24) is 4.98 Å². The zero-order chi connectivity index (χ0) is 10.8. The first-order chi connectivity index (χ1) is 7.93. The number of hydrogen-bond acceptors (Lipinski definition) is 2. The van der Waals surface area contributed by atoms with E-state index >= 15 is 0 Å². The first kappa shape index (κ1) is 9.73. The maximum Gasteiger partial charge on any atom is 0.128 e. The Morgan fingerprint density at radius 3 is 3.25 bits per heavy atom. The van der Waals surface area contributed by atoms with Crippen molar-refractivity contribution in [3.8, 4) is 5.75 Å². The van der Waals surface area contributed by atoms with Crippen molar-refractivity contribution < 1.29 is 9.47 Å². The lowest BCUT2D eigenvalue weighted by Crippen LogP contribution is -2.11. The van der Waals surface area contributed by atoms with Gasteiger partial charge in [0.1, 0.15) is 5.75 Å². The van der Waals surface area contributed by atoms with Gasteiger partial charge in [0.2, 0.25) is 0 Å². The molecule has 1 aliphatic heterocycles. The Hall–Kier alpha value is -1.48.